The fraction of sp³-hybridized carbons (Fsp3) is 0.458. The minimum absolute atomic E-state index is 0.0310. The molecule has 0 heterocycles. The van der Waals surface area contributed by atoms with Crippen LogP contribution in [0.15, 0.2) is 60.7 Å². The molecule has 0 aromatic heterocycles. The Morgan fingerprint density at radius 1 is 1.04 bits per heavy atom. The van der Waals surface area contributed by atoms with Gasteiger partial charge in [0, 0.05) is 18.6 Å². The van der Waals surface area contributed by atoms with Gasteiger partial charge in [0.2, 0.25) is 0 Å². The van der Waals surface area contributed by atoms with E-state index < -0.39 is 17.7 Å². The van der Waals surface area contributed by atoms with E-state index in [1.54, 1.807) is 0 Å². The van der Waals surface area contributed by atoms with E-state index in [2.05, 4.69) is 36.1 Å². The van der Waals surface area contributed by atoms with E-state index >= 15 is 0 Å². The number of aliphatic hydroxyl groups is 1. The minimum Gasteiger partial charge on any atom is -0.458 e. The highest BCUT2D eigenvalue weighted by atomic mass is 16.6. The van der Waals surface area contributed by atoms with Gasteiger partial charge in [-0.2, -0.15) is 0 Å². The third kappa shape index (κ3) is 6.18. The van der Waals surface area contributed by atoms with E-state index in [-0.39, 0.29) is 12.1 Å². The van der Waals surface area contributed by atoms with E-state index in [0.717, 1.165) is 11.1 Å². The van der Waals surface area contributed by atoms with Crippen molar-refractivity contribution in [2.24, 2.45) is 0 Å². The summed E-state index contributed by atoms with van der Waals surface area (Å²) >= 11 is 0. The molecule has 0 fully saturated rings. The topological polar surface area (TPSA) is 49.8 Å². The highest BCUT2D eigenvalue weighted by molar-refractivity contribution is 5.75. The van der Waals surface area contributed by atoms with Gasteiger partial charge in [0.25, 0.3) is 0 Å². The zero-order valence-corrected chi connectivity index (χ0v) is 17.6. The molecule has 2 aromatic carbocycles. The molecule has 2 rings (SSSR count). The summed E-state index contributed by atoms with van der Waals surface area (Å²) in [6.45, 7) is 10.2. The van der Waals surface area contributed by atoms with Gasteiger partial charge in [-0.25, -0.2) is 4.79 Å². The van der Waals surface area contributed by atoms with E-state index in [1.807, 2.05) is 64.1 Å². The summed E-state index contributed by atoms with van der Waals surface area (Å²) in [5.74, 6) is -0.572. The predicted octanol–water partition coefficient (Wildman–Crippen LogP) is 4.73. The van der Waals surface area contributed by atoms with Crippen LogP contribution in [0.1, 0.15) is 58.2 Å². The fourth-order valence-electron chi connectivity index (χ4n) is 3.42. The SMILES string of the molecule is CC[C@H]([C@@H](O)C(=O)OC(C)(C)C)N(Cc1ccccc1)[C@H](C)c1ccccc1. The molecule has 0 saturated heterocycles. The van der Waals surface area contributed by atoms with Crippen molar-refractivity contribution in [3.05, 3.63) is 71.8 Å². The number of carbonyl (C=O) groups excluding carboxylic acids is 1. The van der Waals surface area contributed by atoms with Gasteiger partial charge in [-0.3, -0.25) is 4.90 Å². The zero-order chi connectivity index (χ0) is 20.7. The lowest BCUT2D eigenvalue weighted by molar-refractivity contribution is -0.170. The first-order chi connectivity index (χ1) is 13.2. The summed E-state index contributed by atoms with van der Waals surface area (Å²) in [6, 6.07) is 20.0. The van der Waals surface area contributed by atoms with Gasteiger partial charge in [0.1, 0.15) is 5.60 Å². The van der Waals surface area contributed by atoms with Crippen molar-refractivity contribution in [1.29, 1.82) is 0 Å². The lowest BCUT2D eigenvalue weighted by atomic mass is 9.98. The predicted molar refractivity (Wildman–Crippen MR) is 113 cm³/mol. The molecular formula is C24H33NO3. The Morgan fingerprint density at radius 3 is 2.07 bits per heavy atom. The Labute approximate surface area is 169 Å². The van der Waals surface area contributed by atoms with Gasteiger partial charge in [-0.05, 0) is 45.2 Å². The molecule has 0 aliphatic carbocycles. The number of aliphatic hydroxyl groups excluding tert-OH is 1. The smallest absolute Gasteiger partial charge is 0.337 e. The molecule has 0 aliphatic heterocycles. The largest absolute Gasteiger partial charge is 0.458 e. The summed E-state index contributed by atoms with van der Waals surface area (Å²) in [6.07, 6.45) is -0.580. The number of carbonyl (C=O) groups is 1. The first-order valence-corrected chi connectivity index (χ1v) is 9.98. The van der Waals surface area contributed by atoms with Crippen LogP contribution in [0.2, 0.25) is 0 Å². The Balaban J connectivity index is 2.33. The average Bonchev–Trinajstić information content (AvgIpc) is 2.67. The minimum atomic E-state index is -1.21. The van der Waals surface area contributed by atoms with Gasteiger partial charge in [0.05, 0.1) is 0 Å². The van der Waals surface area contributed by atoms with Gasteiger partial charge >= 0.3 is 5.97 Å². The van der Waals surface area contributed by atoms with Crippen LogP contribution < -0.4 is 0 Å². The molecule has 28 heavy (non-hydrogen) atoms. The molecule has 0 radical (unpaired) electrons. The molecule has 0 unspecified atom stereocenters. The fourth-order valence-corrected chi connectivity index (χ4v) is 3.42. The monoisotopic (exact) mass is 383 g/mol. The Bertz CT molecular complexity index is 725. The maximum Gasteiger partial charge on any atom is 0.337 e. The molecule has 2 aromatic rings. The van der Waals surface area contributed by atoms with Crippen LogP contribution in [-0.2, 0) is 16.1 Å². The summed E-state index contributed by atoms with van der Waals surface area (Å²) in [5, 5.41) is 10.9. The standard InChI is InChI=1S/C24H33NO3/c1-6-21(22(26)23(27)28-24(3,4)5)25(17-19-13-9-7-10-14-19)18(2)20-15-11-8-12-16-20/h7-16,18,21-22,26H,6,17H2,1-5H3/t18-,21-,22-/m1/s1. The summed E-state index contributed by atoms with van der Waals surface area (Å²) < 4.78 is 5.45. The first kappa shape index (κ1) is 22.1. The Hall–Kier alpha value is -2.17. The van der Waals surface area contributed by atoms with Gasteiger partial charge in [0.15, 0.2) is 6.10 Å². The normalized spacial score (nSPS) is 15.1. The molecule has 152 valence electrons. The average molecular weight is 384 g/mol. The molecule has 0 amide bonds. The van der Waals surface area contributed by atoms with Crippen LogP contribution in [0.25, 0.3) is 0 Å². The van der Waals surface area contributed by atoms with Crippen molar-refractivity contribution in [2.75, 3.05) is 0 Å². The maximum atomic E-state index is 12.6. The molecule has 3 atom stereocenters. The summed E-state index contributed by atoms with van der Waals surface area (Å²) in [5.41, 5.74) is 1.65. The Morgan fingerprint density at radius 2 is 1.57 bits per heavy atom. The van der Waals surface area contributed by atoms with Gasteiger partial charge < -0.3 is 9.84 Å². The number of nitrogens with zero attached hydrogens (tertiary/aromatic N) is 1. The molecular weight excluding hydrogens is 350 g/mol. The Kier molecular flexibility index (Phi) is 7.78. The number of benzene rings is 2. The highest BCUT2D eigenvalue weighted by Gasteiger charge is 2.35. The van der Waals surface area contributed by atoms with Crippen LogP contribution in [0.4, 0.5) is 0 Å². The molecule has 0 bridgehead atoms. The number of hydrogen-bond acceptors (Lipinski definition) is 4. The van der Waals surface area contributed by atoms with Crippen molar-refractivity contribution >= 4 is 5.97 Å². The molecule has 0 saturated carbocycles. The van der Waals surface area contributed by atoms with Crippen molar-refractivity contribution < 1.29 is 14.6 Å². The summed E-state index contributed by atoms with van der Waals surface area (Å²) in [7, 11) is 0. The molecule has 0 aliphatic rings. The quantitative estimate of drug-likeness (QED) is 0.670. The zero-order valence-electron chi connectivity index (χ0n) is 17.6. The maximum absolute atomic E-state index is 12.6. The lowest BCUT2D eigenvalue weighted by Crippen LogP contribution is -2.49. The second kappa shape index (κ2) is 9.85. The van der Waals surface area contributed by atoms with Crippen LogP contribution in [0.5, 0.6) is 0 Å². The number of rotatable bonds is 8. The third-order valence-electron chi connectivity index (χ3n) is 4.84. The van der Waals surface area contributed by atoms with Crippen molar-refractivity contribution in [3.8, 4) is 0 Å². The number of ether oxygens (including phenoxy) is 1. The molecule has 1 N–H and O–H groups in total. The van der Waals surface area contributed by atoms with Crippen LogP contribution >= 0.6 is 0 Å². The van der Waals surface area contributed by atoms with Crippen molar-refractivity contribution in [3.63, 3.8) is 0 Å². The number of esters is 1. The molecule has 0 spiro atoms. The van der Waals surface area contributed by atoms with Crippen LogP contribution in [0, 0.1) is 0 Å². The highest BCUT2D eigenvalue weighted by Crippen LogP contribution is 2.28. The van der Waals surface area contributed by atoms with E-state index in [0.29, 0.717) is 13.0 Å². The van der Waals surface area contributed by atoms with Crippen LogP contribution in [-0.4, -0.2) is 33.7 Å². The summed E-state index contributed by atoms with van der Waals surface area (Å²) in [4.78, 5) is 14.8. The van der Waals surface area contributed by atoms with E-state index in [1.165, 1.54) is 0 Å². The van der Waals surface area contributed by atoms with Gasteiger partial charge in [-0.1, -0.05) is 67.6 Å². The second-order valence-electron chi connectivity index (χ2n) is 8.20. The van der Waals surface area contributed by atoms with E-state index in [4.69, 9.17) is 4.74 Å². The molecule has 4 nitrogen and oxygen atoms in total. The lowest BCUT2D eigenvalue weighted by Gasteiger charge is -2.38. The van der Waals surface area contributed by atoms with E-state index in [9.17, 15) is 9.90 Å². The first-order valence-electron chi connectivity index (χ1n) is 9.98. The van der Waals surface area contributed by atoms with Crippen molar-refractivity contribution in [2.45, 2.75) is 71.4 Å². The second-order valence-corrected chi connectivity index (χ2v) is 8.20. The third-order valence-corrected chi connectivity index (χ3v) is 4.84. The molecule has 4 heteroatoms. The van der Waals surface area contributed by atoms with Crippen LogP contribution in [0.3, 0.4) is 0 Å². The van der Waals surface area contributed by atoms with Crippen molar-refractivity contribution in [1.82, 2.24) is 4.90 Å². The number of hydrogen-bond donors (Lipinski definition) is 1. The van der Waals surface area contributed by atoms with Gasteiger partial charge in [-0.15, -0.1) is 0 Å².